The Bertz CT molecular complexity index is 67.3. The number of nitrogens with zero attached hydrogens (tertiary/aromatic N) is 1. The highest BCUT2D eigenvalue weighted by Crippen LogP contribution is 1.82. The second-order valence-corrected chi connectivity index (χ2v) is 2.64. The van der Waals surface area contributed by atoms with Crippen molar-refractivity contribution in [3.05, 3.63) is 0 Å². The zero-order valence-electron chi connectivity index (χ0n) is 5.52. The standard InChI is InChI=1S/C5H12NO.BrH/c1-6(2,3)4-5-7;/h5H,4H2,1-3H3;1H/q+1;/p-1. The summed E-state index contributed by atoms with van der Waals surface area (Å²) in [7, 11) is 5.94. The summed E-state index contributed by atoms with van der Waals surface area (Å²) >= 11 is 0. The summed E-state index contributed by atoms with van der Waals surface area (Å²) in [6.07, 6.45) is 0.931. The Morgan fingerprint density at radius 2 is 1.75 bits per heavy atom. The molecule has 3 heteroatoms. The summed E-state index contributed by atoms with van der Waals surface area (Å²) in [5, 5.41) is 0. The van der Waals surface area contributed by atoms with Crippen LogP contribution >= 0.6 is 0 Å². The highest BCUT2D eigenvalue weighted by molar-refractivity contribution is 5.50. The first-order valence-corrected chi connectivity index (χ1v) is 2.30. The van der Waals surface area contributed by atoms with E-state index in [1.54, 1.807) is 0 Å². The number of carbonyl (C=O) groups is 1. The van der Waals surface area contributed by atoms with Crippen molar-refractivity contribution in [2.24, 2.45) is 0 Å². The minimum absolute atomic E-state index is 0. The van der Waals surface area contributed by atoms with Crippen molar-refractivity contribution in [1.82, 2.24) is 0 Å². The van der Waals surface area contributed by atoms with Crippen LogP contribution in [0.15, 0.2) is 0 Å². The number of likely N-dealkylation sites (N-methyl/N-ethyl adjacent to an activating group) is 1. The van der Waals surface area contributed by atoms with Gasteiger partial charge >= 0.3 is 0 Å². The summed E-state index contributed by atoms with van der Waals surface area (Å²) in [6.45, 7) is 0.597. The molecule has 0 aromatic carbocycles. The van der Waals surface area contributed by atoms with Crippen molar-refractivity contribution in [2.45, 2.75) is 0 Å². The molecule has 0 radical (unpaired) electrons. The molecule has 0 fully saturated rings. The van der Waals surface area contributed by atoms with Crippen molar-refractivity contribution in [3.63, 3.8) is 0 Å². The normalized spacial score (nSPS) is 9.88. The minimum atomic E-state index is 0. The van der Waals surface area contributed by atoms with Crippen LogP contribution in [0.25, 0.3) is 0 Å². The van der Waals surface area contributed by atoms with Crippen LogP contribution in [-0.4, -0.2) is 38.5 Å². The van der Waals surface area contributed by atoms with Gasteiger partial charge in [0.05, 0.1) is 21.1 Å². The van der Waals surface area contributed by atoms with Gasteiger partial charge < -0.3 is 21.5 Å². The average Bonchev–Trinajstić information content (AvgIpc) is 1.30. The number of hydrogen-bond donors (Lipinski definition) is 0. The van der Waals surface area contributed by atoms with Crippen LogP contribution in [0.3, 0.4) is 0 Å². The summed E-state index contributed by atoms with van der Waals surface area (Å²) < 4.78 is 0.726. The highest BCUT2D eigenvalue weighted by Gasteiger charge is 2.01. The van der Waals surface area contributed by atoms with Gasteiger partial charge in [-0.15, -0.1) is 0 Å². The summed E-state index contributed by atoms with van der Waals surface area (Å²) in [5.74, 6) is 0. The van der Waals surface area contributed by atoms with Gasteiger partial charge in [0.15, 0.2) is 6.29 Å². The number of carbonyl (C=O) groups excluding carboxylic acids is 1. The molecule has 0 saturated carbocycles. The lowest BCUT2D eigenvalue weighted by Crippen LogP contribution is -3.00. The topological polar surface area (TPSA) is 17.1 Å². The van der Waals surface area contributed by atoms with Gasteiger partial charge in [-0.2, -0.15) is 0 Å². The van der Waals surface area contributed by atoms with E-state index in [9.17, 15) is 4.79 Å². The first-order chi connectivity index (χ1) is 3.06. The van der Waals surface area contributed by atoms with E-state index in [0.29, 0.717) is 6.54 Å². The Hall–Kier alpha value is 0.110. The lowest BCUT2D eigenvalue weighted by Gasteiger charge is -2.19. The lowest BCUT2D eigenvalue weighted by molar-refractivity contribution is -0.861. The maximum atomic E-state index is 9.80. The van der Waals surface area contributed by atoms with Gasteiger partial charge in [-0.3, -0.25) is 4.79 Å². The Labute approximate surface area is 60.8 Å². The van der Waals surface area contributed by atoms with Gasteiger partial charge in [-0.1, -0.05) is 0 Å². The van der Waals surface area contributed by atoms with E-state index >= 15 is 0 Å². The molecule has 0 rings (SSSR count). The van der Waals surface area contributed by atoms with E-state index in [-0.39, 0.29) is 17.0 Å². The molecule has 0 aromatic heterocycles. The molecular weight excluding hydrogens is 170 g/mol. The second kappa shape index (κ2) is 4.04. The number of hydrogen-bond acceptors (Lipinski definition) is 1. The predicted molar refractivity (Wildman–Crippen MR) is 29.0 cm³/mol. The fourth-order valence-electron chi connectivity index (χ4n) is 0.224. The van der Waals surface area contributed by atoms with Gasteiger partial charge in [0, 0.05) is 0 Å². The van der Waals surface area contributed by atoms with Gasteiger partial charge in [-0.25, -0.2) is 0 Å². The molecule has 0 spiro atoms. The summed E-state index contributed by atoms with van der Waals surface area (Å²) in [5.41, 5.74) is 0. The van der Waals surface area contributed by atoms with Crippen molar-refractivity contribution in [3.8, 4) is 0 Å². The fraction of sp³-hybridized carbons (Fsp3) is 0.800. The molecule has 0 aliphatic rings. The average molecular weight is 182 g/mol. The molecule has 0 N–H and O–H groups in total. The Balaban J connectivity index is 0. The van der Waals surface area contributed by atoms with E-state index in [2.05, 4.69) is 0 Å². The van der Waals surface area contributed by atoms with Gasteiger partial charge in [0.2, 0.25) is 0 Å². The largest absolute Gasteiger partial charge is 1.00 e. The third-order valence-electron chi connectivity index (χ3n) is 0.622. The van der Waals surface area contributed by atoms with Crippen molar-refractivity contribution >= 4 is 6.29 Å². The monoisotopic (exact) mass is 181 g/mol. The van der Waals surface area contributed by atoms with Crippen molar-refractivity contribution < 1.29 is 26.3 Å². The molecule has 8 heavy (non-hydrogen) atoms. The Morgan fingerprint density at radius 1 is 1.38 bits per heavy atom. The predicted octanol–water partition coefficient (Wildman–Crippen LogP) is -3.10. The Kier molecular flexibility index (Phi) is 5.54. The molecule has 0 aromatic rings. The number of rotatable bonds is 2. The van der Waals surface area contributed by atoms with E-state index in [1.165, 1.54) is 0 Å². The SMILES string of the molecule is C[N+](C)(C)CC=O.[Br-]. The molecule has 0 aliphatic heterocycles. The van der Waals surface area contributed by atoms with E-state index < -0.39 is 0 Å². The molecule has 0 amide bonds. The molecular formula is C5H12BrNO. The van der Waals surface area contributed by atoms with Crippen LogP contribution < -0.4 is 17.0 Å². The van der Waals surface area contributed by atoms with Gasteiger partial charge in [0.1, 0.15) is 6.54 Å². The zero-order valence-corrected chi connectivity index (χ0v) is 7.10. The smallest absolute Gasteiger partial charge is 0.174 e. The lowest BCUT2D eigenvalue weighted by atomic mass is 10.6. The van der Waals surface area contributed by atoms with Gasteiger partial charge in [-0.05, 0) is 0 Å². The van der Waals surface area contributed by atoms with Crippen LogP contribution in [0.4, 0.5) is 0 Å². The van der Waals surface area contributed by atoms with Crippen LogP contribution in [-0.2, 0) is 4.79 Å². The van der Waals surface area contributed by atoms with E-state index in [1.807, 2.05) is 21.1 Å². The molecule has 0 heterocycles. The molecule has 0 aliphatic carbocycles. The maximum Gasteiger partial charge on any atom is 0.174 e. The molecule has 0 saturated heterocycles. The van der Waals surface area contributed by atoms with Crippen LogP contribution in [0.2, 0.25) is 0 Å². The molecule has 0 bridgehead atoms. The van der Waals surface area contributed by atoms with Crippen LogP contribution in [0.1, 0.15) is 0 Å². The van der Waals surface area contributed by atoms with Crippen molar-refractivity contribution in [1.29, 1.82) is 0 Å². The third kappa shape index (κ3) is 9.44. The minimum Gasteiger partial charge on any atom is -1.00 e. The van der Waals surface area contributed by atoms with E-state index in [0.717, 1.165) is 10.8 Å². The molecule has 0 unspecified atom stereocenters. The first-order valence-electron chi connectivity index (χ1n) is 2.30. The van der Waals surface area contributed by atoms with Crippen LogP contribution in [0.5, 0.6) is 0 Å². The van der Waals surface area contributed by atoms with Gasteiger partial charge in [0.25, 0.3) is 0 Å². The molecule has 2 nitrogen and oxygen atoms in total. The number of quaternary nitrogens is 1. The quantitative estimate of drug-likeness (QED) is 0.326. The molecule has 50 valence electrons. The summed E-state index contributed by atoms with van der Waals surface area (Å²) in [4.78, 5) is 9.80. The second-order valence-electron chi connectivity index (χ2n) is 2.64. The van der Waals surface area contributed by atoms with E-state index in [4.69, 9.17) is 0 Å². The van der Waals surface area contributed by atoms with Crippen LogP contribution in [0, 0.1) is 0 Å². The third-order valence-corrected chi connectivity index (χ3v) is 0.622. The van der Waals surface area contributed by atoms with Crippen molar-refractivity contribution in [2.75, 3.05) is 27.7 Å². The number of aldehydes is 1. The Morgan fingerprint density at radius 3 is 1.75 bits per heavy atom. The maximum absolute atomic E-state index is 9.80. The summed E-state index contributed by atoms with van der Waals surface area (Å²) in [6, 6.07) is 0. The zero-order chi connectivity index (χ0) is 5.91. The molecule has 0 atom stereocenters. The fourth-order valence-corrected chi connectivity index (χ4v) is 0.224. The number of halogens is 1. The first kappa shape index (κ1) is 11.0. The highest BCUT2D eigenvalue weighted by atomic mass is 79.9.